The highest BCUT2D eigenvalue weighted by molar-refractivity contribution is 5.80. The predicted molar refractivity (Wildman–Crippen MR) is 130 cm³/mol. The first-order chi connectivity index (χ1) is 16.9. The summed E-state index contributed by atoms with van der Waals surface area (Å²) in [6.45, 7) is 0.308. The highest BCUT2D eigenvalue weighted by Gasteiger charge is 2.37. The van der Waals surface area contributed by atoms with Gasteiger partial charge >= 0.3 is 12.1 Å². The van der Waals surface area contributed by atoms with Gasteiger partial charge in [0.05, 0.1) is 24.5 Å². The fraction of sp³-hybridized carbons (Fsp3) is 0.444. The molecule has 3 N–H and O–H groups in total. The molecular weight excluding hydrogens is 448 g/mol. The zero-order valence-electron chi connectivity index (χ0n) is 19.9. The molecule has 0 bridgehead atoms. The Kier molecular flexibility index (Phi) is 7.70. The summed E-state index contributed by atoms with van der Waals surface area (Å²) in [4.78, 5) is 36.3. The second-order valence-electron chi connectivity index (χ2n) is 9.37. The molecule has 1 unspecified atom stereocenters. The molecule has 0 saturated heterocycles. The van der Waals surface area contributed by atoms with E-state index >= 15 is 0 Å². The monoisotopic (exact) mass is 480 g/mol. The van der Waals surface area contributed by atoms with Crippen LogP contribution in [0.25, 0.3) is 11.1 Å². The van der Waals surface area contributed by atoms with Crippen molar-refractivity contribution in [3.63, 3.8) is 0 Å². The van der Waals surface area contributed by atoms with Crippen molar-refractivity contribution < 1.29 is 29.0 Å². The van der Waals surface area contributed by atoms with E-state index in [9.17, 15) is 19.5 Å². The fourth-order valence-corrected chi connectivity index (χ4v) is 5.33. The van der Waals surface area contributed by atoms with E-state index in [1.807, 2.05) is 24.3 Å². The highest BCUT2D eigenvalue weighted by atomic mass is 16.5. The van der Waals surface area contributed by atoms with Gasteiger partial charge in [-0.1, -0.05) is 61.4 Å². The smallest absolute Gasteiger partial charge is 0.407 e. The summed E-state index contributed by atoms with van der Waals surface area (Å²) < 4.78 is 10.9. The number of alkyl carbamates (subject to hydrolysis) is 1. The van der Waals surface area contributed by atoms with Crippen LogP contribution in [0.1, 0.15) is 55.6 Å². The van der Waals surface area contributed by atoms with E-state index in [2.05, 4.69) is 34.9 Å². The maximum atomic E-state index is 12.6. The van der Waals surface area contributed by atoms with Crippen LogP contribution >= 0.6 is 0 Å². The first-order valence-electron chi connectivity index (χ1n) is 12.1. The standard InChI is InChI=1S/C27H32N2O6/c1-34-18(14-24(30)29-27(15-25(31)32)12-6-7-13-27)16-28-26(33)35-17-23-21-10-4-2-8-19(21)20-9-3-5-11-22(20)23/h2-5,8-11,18,23H,6-7,12-17H2,1H3,(H,28,33)(H,29,30)(H,31,32). The number of carbonyl (C=O) groups excluding carboxylic acids is 2. The van der Waals surface area contributed by atoms with Crippen LogP contribution in [0.2, 0.25) is 0 Å². The van der Waals surface area contributed by atoms with Gasteiger partial charge in [0, 0.05) is 19.6 Å². The molecule has 8 nitrogen and oxygen atoms in total. The summed E-state index contributed by atoms with van der Waals surface area (Å²) in [7, 11) is 1.47. The SMILES string of the molecule is COC(CNC(=O)OCC1c2ccccc2-c2ccccc21)CC(=O)NC1(CC(=O)O)CCCC1. The number of amides is 2. The number of hydrogen-bond acceptors (Lipinski definition) is 5. The second kappa shape index (κ2) is 10.9. The van der Waals surface area contributed by atoms with E-state index in [-0.39, 0.29) is 37.8 Å². The van der Waals surface area contributed by atoms with Crippen molar-refractivity contribution in [1.29, 1.82) is 0 Å². The molecule has 1 fully saturated rings. The number of carboxylic acids is 1. The van der Waals surface area contributed by atoms with Crippen LogP contribution in [-0.4, -0.2) is 55.0 Å². The van der Waals surface area contributed by atoms with E-state index in [0.29, 0.717) is 12.8 Å². The maximum absolute atomic E-state index is 12.6. The van der Waals surface area contributed by atoms with Crippen molar-refractivity contribution in [3.05, 3.63) is 59.7 Å². The van der Waals surface area contributed by atoms with Crippen molar-refractivity contribution in [2.24, 2.45) is 0 Å². The topological polar surface area (TPSA) is 114 Å². The number of methoxy groups -OCH3 is 1. The van der Waals surface area contributed by atoms with Crippen molar-refractivity contribution in [3.8, 4) is 11.1 Å². The zero-order valence-corrected chi connectivity index (χ0v) is 19.9. The molecule has 1 atom stereocenters. The predicted octanol–water partition coefficient (Wildman–Crippen LogP) is 3.83. The van der Waals surface area contributed by atoms with Crippen LogP contribution in [0, 0.1) is 0 Å². The second-order valence-corrected chi connectivity index (χ2v) is 9.37. The number of fused-ring (bicyclic) bond motifs is 3. The normalized spacial score (nSPS) is 16.7. The third-order valence-corrected chi connectivity index (χ3v) is 7.02. The van der Waals surface area contributed by atoms with Crippen LogP contribution in [0.5, 0.6) is 0 Å². The van der Waals surface area contributed by atoms with Crippen LogP contribution in [-0.2, 0) is 19.1 Å². The fourth-order valence-electron chi connectivity index (χ4n) is 5.33. The number of nitrogens with one attached hydrogen (secondary N) is 2. The van der Waals surface area contributed by atoms with Gasteiger partial charge in [-0.15, -0.1) is 0 Å². The van der Waals surface area contributed by atoms with Gasteiger partial charge in [-0.2, -0.15) is 0 Å². The van der Waals surface area contributed by atoms with Crippen molar-refractivity contribution in [2.45, 2.75) is 56.1 Å². The van der Waals surface area contributed by atoms with Crippen LogP contribution in [0.3, 0.4) is 0 Å². The number of ether oxygens (including phenoxy) is 2. The summed E-state index contributed by atoms with van der Waals surface area (Å²) >= 11 is 0. The highest BCUT2D eigenvalue weighted by Crippen LogP contribution is 2.44. The minimum Gasteiger partial charge on any atom is -0.481 e. The summed E-state index contributed by atoms with van der Waals surface area (Å²) in [5.74, 6) is -1.24. The van der Waals surface area contributed by atoms with Gasteiger partial charge in [0.25, 0.3) is 0 Å². The molecule has 0 radical (unpaired) electrons. The van der Waals surface area contributed by atoms with Gasteiger partial charge < -0.3 is 25.2 Å². The molecule has 2 amide bonds. The molecule has 8 heteroatoms. The van der Waals surface area contributed by atoms with Crippen LogP contribution in [0.4, 0.5) is 4.79 Å². The Morgan fingerprint density at radius 1 is 1.03 bits per heavy atom. The lowest BCUT2D eigenvalue weighted by atomic mass is 9.93. The van der Waals surface area contributed by atoms with E-state index in [1.165, 1.54) is 7.11 Å². The Balaban J connectivity index is 1.27. The lowest BCUT2D eigenvalue weighted by molar-refractivity contribution is -0.139. The van der Waals surface area contributed by atoms with Gasteiger partial charge in [0.1, 0.15) is 6.61 Å². The van der Waals surface area contributed by atoms with Gasteiger partial charge in [-0.3, -0.25) is 9.59 Å². The van der Waals surface area contributed by atoms with E-state index < -0.39 is 23.7 Å². The summed E-state index contributed by atoms with van der Waals surface area (Å²) in [6.07, 6.45) is 1.89. The largest absolute Gasteiger partial charge is 0.481 e. The first-order valence-corrected chi connectivity index (χ1v) is 12.1. The zero-order chi connectivity index (χ0) is 24.8. The third-order valence-electron chi connectivity index (χ3n) is 7.02. The molecular formula is C27H32N2O6. The minimum atomic E-state index is -0.924. The summed E-state index contributed by atoms with van der Waals surface area (Å²) in [6, 6.07) is 16.2. The van der Waals surface area contributed by atoms with E-state index in [0.717, 1.165) is 35.1 Å². The Hall–Kier alpha value is -3.39. The van der Waals surface area contributed by atoms with E-state index in [4.69, 9.17) is 9.47 Å². The number of carboxylic acid groups (broad SMARTS) is 1. The van der Waals surface area contributed by atoms with Gasteiger partial charge in [0.2, 0.25) is 5.91 Å². The molecule has 35 heavy (non-hydrogen) atoms. The average molecular weight is 481 g/mol. The average Bonchev–Trinajstić information content (AvgIpc) is 3.42. The van der Waals surface area contributed by atoms with Crippen molar-refractivity contribution in [2.75, 3.05) is 20.3 Å². The van der Waals surface area contributed by atoms with Crippen molar-refractivity contribution in [1.82, 2.24) is 10.6 Å². The molecule has 186 valence electrons. The van der Waals surface area contributed by atoms with Crippen molar-refractivity contribution >= 4 is 18.0 Å². The number of carbonyl (C=O) groups is 3. The molecule has 2 aliphatic carbocycles. The van der Waals surface area contributed by atoms with Crippen LogP contribution in [0.15, 0.2) is 48.5 Å². The number of hydrogen-bond donors (Lipinski definition) is 3. The molecule has 0 aliphatic heterocycles. The Bertz CT molecular complexity index is 1030. The molecule has 0 spiro atoms. The molecule has 4 rings (SSSR count). The number of rotatable bonds is 10. The van der Waals surface area contributed by atoms with Gasteiger partial charge in [0.15, 0.2) is 0 Å². The molecule has 2 aliphatic rings. The summed E-state index contributed by atoms with van der Waals surface area (Å²) in [5, 5.41) is 14.8. The third kappa shape index (κ3) is 5.82. The quantitative estimate of drug-likeness (QED) is 0.476. The molecule has 0 heterocycles. The number of benzene rings is 2. The minimum absolute atomic E-state index is 0.0154. The van der Waals surface area contributed by atoms with Gasteiger partial charge in [-0.05, 0) is 35.1 Å². The Morgan fingerprint density at radius 2 is 1.63 bits per heavy atom. The number of aliphatic carboxylic acids is 1. The summed E-state index contributed by atoms with van der Waals surface area (Å²) in [5.41, 5.74) is 3.89. The molecule has 2 aromatic carbocycles. The lowest BCUT2D eigenvalue weighted by Gasteiger charge is -2.29. The maximum Gasteiger partial charge on any atom is 0.407 e. The van der Waals surface area contributed by atoms with Gasteiger partial charge in [-0.25, -0.2) is 4.79 Å². The Morgan fingerprint density at radius 3 is 2.20 bits per heavy atom. The molecule has 0 aromatic heterocycles. The molecule has 1 saturated carbocycles. The van der Waals surface area contributed by atoms with Crippen LogP contribution < -0.4 is 10.6 Å². The van der Waals surface area contributed by atoms with E-state index in [1.54, 1.807) is 0 Å². The first kappa shape index (κ1) is 24.7. The molecule has 2 aromatic rings. The lowest BCUT2D eigenvalue weighted by Crippen LogP contribution is -2.49. The Labute approximate surface area is 205 Å².